The highest BCUT2D eigenvalue weighted by molar-refractivity contribution is 7.91. The number of amides is 1. The first-order valence-corrected chi connectivity index (χ1v) is 11.7. The molecule has 3 rings (SSSR count). The van der Waals surface area contributed by atoms with Gasteiger partial charge in [0, 0.05) is 5.69 Å². The lowest BCUT2D eigenvalue weighted by molar-refractivity contribution is -0.117. The molecule has 1 aromatic heterocycles. The summed E-state index contributed by atoms with van der Waals surface area (Å²) in [5.74, 6) is -0.00512. The van der Waals surface area contributed by atoms with Crippen molar-refractivity contribution in [2.75, 3.05) is 5.32 Å². The average molecular weight is 429 g/mol. The predicted octanol–water partition coefficient (Wildman–Crippen LogP) is 4.40. The van der Waals surface area contributed by atoms with Gasteiger partial charge >= 0.3 is 0 Å². The van der Waals surface area contributed by atoms with Crippen molar-refractivity contribution >= 4 is 33.0 Å². The monoisotopic (exact) mass is 428 g/mol. The SMILES string of the molecule is CC(C)c1ccc(NC(=O)[C@H](Cc2ccccc2)NS(=O)(=O)c2cccs2)cc1. The minimum atomic E-state index is -3.78. The molecule has 0 fully saturated rings. The van der Waals surface area contributed by atoms with Crippen LogP contribution in [0, 0.1) is 0 Å². The second-order valence-electron chi connectivity index (χ2n) is 7.06. The Balaban J connectivity index is 1.80. The molecule has 0 unspecified atom stereocenters. The Bertz CT molecular complexity index is 1030. The number of carbonyl (C=O) groups is 1. The van der Waals surface area contributed by atoms with Crippen molar-refractivity contribution in [3.63, 3.8) is 0 Å². The summed E-state index contributed by atoms with van der Waals surface area (Å²) in [4.78, 5) is 12.9. The first kappa shape index (κ1) is 21.2. The Morgan fingerprint density at radius 3 is 2.24 bits per heavy atom. The fourth-order valence-electron chi connectivity index (χ4n) is 2.88. The molecule has 0 aliphatic rings. The number of anilines is 1. The lowest BCUT2D eigenvalue weighted by Gasteiger charge is -2.18. The van der Waals surface area contributed by atoms with E-state index in [0.717, 1.165) is 16.9 Å². The number of nitrogens with one attached hydrogen (secondary N) is 2. The largest absolute Gasteiger partial charge is 0.325 e. The zero-order chi connectivity index (χ0) is 20.9. The van der Waals surface area contributed by atoms with Gasteiger partial charge in [0.2, 0.25) is 5.91 Å². The van der Waals surface area contributed by atoms with Crippen LogP contribution in [0.5, 0.6) is 0 Å². The van der Waals surface area contributed by atoms with E-state index in [1.54, 1.807) is 11.4 Å². The summed E-state index contributed by atoms with van der Waals surface area (Å²) in [5.41, 5.74) is 2.67. The van der Waals surface area contributed by atoms with Crippen molar-refractivity contribution in [3.8, 4) is 0 Å². The summed E-state index contributed by atoms with van der Waals surface area (Å²) in [5, 5.41) is 4.53. The maximum Gasteiger partial charge on any atom is 0.250 e. The van der Waals surface area contributed by atoms with Crippen molar-refractivity contribution in [1.82, 2.24) is 4.72 Å². The predicted molar refractivity (Wildman–Crippen MR) is 118 cm³/mol. The van der Waals surface area contributed by atoms with Crippen molar-refractivity contribution in [2.24, 2.45) is 0 Å². The molecule has 0 aliphatic carbocycles. The van der Waals surface area contributed by atoms with Crippen LogP contribution in [0.2, 0.25) is 0 Å². The van der Waals surface area contributed by atoms with Crippen LogP contribution in [0.3, 0.4) is 0 Å². The molecule has 2 aromatic carbocycles. The van der Waals surface area contributed by atoms with Crippen molar-refractivity contribution < 1.29 is 13.2 Å². The van der Waals surface area contributed by atoms with Gasteiger partial charge in [0.25, 0.3) is 10.0 Å². The first-order chi connectivity index (χ1) is 13.8. The third-order valence-corrected chi connectivity index (χ3v) is 7.37. The van der Waals surface area contributed by atoms with Crippen LogP contribution in [-0.2, 0) is 21.2 Å². The van der Waals surface area contributed by atoms with E-state index in [1.165, 1.54) is 11.6 Å². The zero-order valence-electron chi connectivity index (χ0n) is 16.3. The highest BCUT2D eigenvalue weighted by Gasteiger charge is 2.26. The molecular weight excluding hydrogens is 404 g/mol. The molecule has 1 atom stereocenters. The van der Waals surface area contributed by atoms with E-state index in [1.807, 2.05) is 54.6 Å². The third kappa shape index (κ3) is 5.76. The van der Waals surface area contributed by atoms with Crippen LogP contribution < -0.4 is 10.0 Å². The molecule has 0 bridgehead atoms. The van der Waals surface area contributed by atoms with Gasteiger partial charge in [0.1, 0.15) is 10.3 Å². The van der Waals surface area contributed by atoms with Crippen LogP contribution >= 0.6 is 11.3 Å². The van der Waals surface area contributed by atoms with Gasteiger partial charge in [-0.3, -0.25) is 4.79 Å². The van der Waals surface area contributed by atoms with E-state index in [0.29, 0.717) is 11.6 Å². The first-order valence-electron chi connectivity index (χ1n) is 9.36. The molecule has 5 nitrogen and oxygen atoms in total. The van der Waals surface area contributed by atoms with Gasteiger partial charge in [-0.1, -0.05) is 62.4 Å². The molecule has 0 saturated heterocycles. The molecule has 0 saturated carbocycles. The number of hydrogen-bond acceptors (Lipinski definition) is 4. The standard InChI is InChI=1S/C22H24N2O3S2/c1-16(2)18-10-12-19(13-11-18)23-22(25)20(15-17-7-4-3-5-8-17)24-29(26,27)21-9-6-14-28-21/h3-14,16,20,24H,15H2,1-2H3,(H,23,25)/t20-/m0/s1. The fraction of sp³-hybridized carbons (Fsp3) is 0.227. The maximum atomic E-state index is 12.9. The summed E-state index contributed by atoms with van der Waals surface area (Å²) in [6, 6.07) is 19.2. The third-order valence-electron chi connectivity index (χ3n) is 4.50. The second kappa shape index (κ2) is 9.35. The Labute approximate surface area is 175 Å². The average Bonchev–Trinajstić information content (AvgIpc) is 3.24. The van der Waals surface area contributed by atoms with Gasteiger partial charge in [-0.15, -0.1) is 11.3 Å². The van der Waals surface area contributed by atoms with E-state index in [9.17, 15) is 13.2 Å². The lowest BCUT2D eigenvalue weighted by Crippen LogP contribution is -2.45. The van der Waals surface area contributed by atoms with Gasteiger partial charge < -0.3 is 5.32 Å². The van der Waals surface area contributed by atoms with Crippen LogP contribution in [0.15, 0.2) is 76.3 Å². The van der Waals surface area contributed by atoms with E-state index >= 15 is 0 Å². The number of benzene rings is 2. The van der Waals surface area contributed by atoms with E-state index in [2.05, 4.69) is 23.9 Å². The second-order valence-corrected chi connectivity index (χ2v) is 9.95. The van der Waals surface area contributed by atoms with Crippen molar-refractivity contribution in [2.45, 2.75) is 36.4 Å². The molecule has 0 aliphatic heterocycles. The number of hydrogen-bond donors (Lipinski definition) is 2. The lowest BCUT2D eigenvalue weighted by atomic mass is 10.0. The number of rotatable bonds is 8. The van der Waals surface area contributed by atoms with Crippen LogP contribution in [0.1, 0.15) is 30.9 Å². The van der Waals surface area contributed by atoms with Gasteiger partial charge in [-0.05, 0) is 47.0 Å². The Morgan fingerprint density at radius 1 is 0.966 bits per heavy atom. The van der Waals surface area contributed by atoms with Gasteiger partial charge in [0.05, 0.1) is 0 Å². The maximum absolute atomic E-state index is 12.9. The molecule has 1 amide bonds. The quantitative estimate of drug-likeness (QED) is 0.558. The topological polar surface area (TPSA) is 75.3 Å². The van der Waals surface area contributed by atoms with Crippen LogP contribution in [0.4, 0.5) is 5.69 Å². The fourth-order valence-corrected chi connectivity index (χ4v) is 5.09. The van der Waals surface area contributed by atoms with E-state index < -0.39 is 22.0 Å². The molecule has 0 radical (unpaired) electrons. The summed E-state index contributed by atoms with van der Waals surface area (Å²) in [7, 11) is -3.78. The normalized spacial score (nSPS) is 12.7. The van der Waals surface area contributed by atoms with Crippen LogP contribution in [-0.4, -0.2) is 20.4 Å². The molecule has 152 valence electrons. The number of thiophene rings is 1. The highest BCUT2D eigenvalue weighted by Crippen LogP contribution is 2.19. The highest BCUT2D eigenvalue weighted by atomic mass is 32.2. The minimum absolute atomic E-state index is 0.185. The van der Waals surface area contributed by atoms with Gasteiger partial charge in [-0.2, -0.15) is 4.72 Å². The van der Waals surface area contributed by atoms with Crippen molar-refractivity contribution in [3.05, 3.63) is 83.2 Å². The Hall–Kier alpha value is -2.48. The molecule has 29 heavy (non-hydrogen) atoms. The molecule has 7 heteroatoms. The molecular formula is C22H24N2O3S2. The minimum Gasteiger partial charge on any atom is -0.325 e. The van der Waals surface area contributed by atoms with Crippen LogP contribution in [0.25, 0.3) is 0 Å². The number of sulfonamides is 1. The van der Waals surface area contributed by atoms with Gasteiger partial charge in [-0.25, -0.2) is 8.42 Å². The Kier molecular flexibility index (Phi) is 6.84. The number of carbonyl (C=O) groups excluding carboxylic acids is 1. The summed E-state index contributed by atoms with van der Waals surface area (Å²) >= 11 is 1.12. The summed E-state index contributed by atoms with van der Waals surface area (Å²) < 4.78 is 28.1. The molecule has 0 spiro atoms. The zero-order valence-corrected chi connectivity index (χ0v) is 18.0. The smallest absolute Gasteiger partial charge is 0.250 e. The van der Waals surface area contributed by atoms with Gasteiger partial charge in [0.15, 0.2) is 0 Å². The molecule has 2 N–H and O–H groups in total. The van der Waals surface area contributed by atoms with Crippen molar-refractivity contribution in [1.29, 1.82) is 0 Å². The van der Waals surface area contributed by atoms with E-state index in [4.69, 9.17) is 0 Å². The molecule has 3 aromatic rings. The molecule has 1 heterocycles. The summed E-state index contributed by atoms with van der Waals surface area (Å²) in [6.45, 7) is 4.20. The van der Waals surface area contributed by atoms with E-state index in [-0.39, 0.29) is 10.6 Å². The Morgan fingerprint density at radius 2 is 1.66 bits per heavy atom. The summed E-state index contributed by atoms with van der Waals surface area (Å²) in [6.07, 6.45) is 0.251.